The summed E-state index contributed by atoms with van der Waals surface area (Å²) in [6, 6.07) is 55.9. The summed E-state index contributed by atoms with van der Waals surface area (Å²) >= 11 is 1.91. The first-order valence-electron chi connectivity index (χ1n) is 18.0. The van der Waals surface area contributed by atoms with E-state index in [0.29, 0.717) is 17.5 Å². The fourth-order valence-electron chi connectivity index (χ4n) is 8.66. The van der Waals surface area contributed by atoms with Crippen LogP contribution in [0, 0.1) is 0 Å². The number of hydrogen-bond donors (Lipinski definition) is 0. The lowest BCUT2D eigenvalue weighted by Gasteiger charge is -2.23. The third kappa shape index (κ3) is 4.38. The van der Waals surface area contributed by atoms with Crippen molar-refractivity contribution >= 4 is 53.3 Å². The van der Waals surface area contributed by atoms with Gasteiger partial charge in [-0.25, -0.2) is 15.0 Å². The Hall–Kier alpha value is -6.43. The molecule has 7 aromatic carbocycles. The number of fused-ring (bicyclic) bond motifs is 12. The lowest BCUT2D eigenvalue weighted by atomic mass is 9.80. The second-order valence-corrected chi connectivity index (χ2v) is 15.4. The van der Waals surface area contributed by atoms with Crippen LogP contribution in [0.4, 0.5) is 0 Å². The fraction of sp³-hybridized carbons (Fsp3) is 0.0625. The van der Waals surface area contributed by atoms with Crippen LogP contribution in [-0.2, 0) is 5.41 Å². The highest BCUT2D eigenvalue weighted by Gasteiger charge is 2.40. The minimum absolute atomic E-state index is 0.175. The number of benzene rings is 7. The molecule has 0 unspecified atom stereocenters. The number of rotatable bonds is 4. The number of aromatic nitrogens is 4. The first kappa shape index (κ1) is 30.2. The molecule has 0 spiro atoms. The van der Waals surface area contributed by atoms with Crippen LogP contribution >= 0.6 is 11.3 Å². The van der Waals surface area contributed by atoms with Crippen molar-refractivity contribution in [1.82, 2.24) is 19.5 Å². The van der Waals surface area contributed by atoms with Gasteiger partial charge in [0.15, 0.2) is 17.5 Å². The van der Waals surface area contributed by atoms with Gasteiger partial charge in [0.25, 0.3) is 0 Å². The molecule has 0 fully saturated rings. The molecular formula is C48H32N4S. The van der Waals surface area contributed by atoms with Gasteiger partial charge in [-0.05, 0) is 58.7 Å². The van der Waals surface area contributed by atoms with Crippen LogP contribution in [0.3, 0.4) is 0 Å². The largest absolute Gasteiger partial charge is 0.308 e. The summed E-state index contributed by atoms with van der Waals surface area (Å²) < 4.78 is 5.12. The minimum Gasteiger partial charge on any atom is -0.308 e. The first-order chi connectivity index (χ1) is 26.1. The molecule has 0 atom stereocenters. The Bertz CT molecular complexity index is 3010. The van der Waals surface area contributed by atoms with E-state index in [1.54, 1.807) is 0 Å². The monoisotopic (exact) mass is 696 g/mol. The van der Waals surface area contributed by atoms with Crippen molar-refractivity contribution in [3.8, 4) is 51.0 Å². The van der Waals surface area contributed by atoms with E-state index in [9.17, 15) is 0 Å². The second-order valence-electron chi connectivity index (χ2n) is 14.4. The predicted molar refractivity (Wildman–Crippen MR) is 221 cm³/mol. The van der Waals surface area contributed by atoms with Gasteiger partial charge in [-0.2, -0.15) is 0 Å². The van der Waals surface area contributed by atoms with Crippen LogP contribution in [0.1, 0.15) is 25.0 Å². The van der Waals surface area contributed by atoms with Crippen molar-refractivity contribution in [2.75, 3.05) is 0 Å². The van der Waals surface area contributed by atoms with Crippen molar-refractivity contribution in [3.05, 3.63) is 169 Å². The Balaban J connectivity index is 1.18. The molecule has 3 aromatic heterocycles. The van der Waals surface area contributed by atoms with E-state index in [0.717, 1.165) is 22.4 Å². The predicted octanol–water partition coefficient (Wildman–Crippen LogP) is 12.6. The highest BCUT2D eigenvalue weighted by molar-refractivity contribution is 7.26. The third-order valence-corrected chi connectivity index (χ3v) is 12.2. The summed E-state index contributed by atoms with van der Waals surface area (Å²) in [6.45, 7) is 4.81. The second kappa shape index (κ2) is 11.3. The summed E-state index contributed by atoms with van der Waals surface area (Å²) in [6.07, 6.45) is 0. The van der Waals surface area contributed by atoms with Gasteiger partial charge in [-0.3, -0.25) is 0 Å². The maximum absolute atomic E-state index is 5.00. The topological polar surface area (TPSA) is 43.6 Å². The number of hydrogen-bond acceptors (Lipinski definition) is 4. The van der Waals surface area contributed by atoms with Gasteiger partial charge in [0.1, 0.15) is 0 Å². The Labute approximate surface area is 310 Å². The Morgan fingerprint density at radius 3 is 1.74 bits per heavy atom. The van der Waals surface area contributed by atoms with Crippen LogP contribution in [0.5, 0.6) is 0 Å². The lowest BCUT2D eigenvalue weighted by Crippen LogP contribution is -2.15. The van der Waals surface area contributed by atoms with E-state index in [4.69, 9.17) is 15.0 Å². The molecule has 0 saturated carbocycles. The molecule has 1 aliphatic rings. The maximum Gasteiger partial charge on any atom is 0.164 e. The molecule has 0 bridgehead atoms. The van der Waals surface area contributed by atoms with Gasteiger partial charge in [-0.15, -0.1) is 11.3 Å². The van der Waals surface area contributed by atoms with E-state index >= 15 is 0 Å². The van der Waals surface area contributed by atoms with Crippen LogP contribution in [0.25, 0.3) is 93.0 Å². The Kier molecular flexibility index (Phi) is 6.43. The quantitative estimate of drug-likeness (QED) is 0.184. The molecule has 250 valence electrons. The highest BCUT2D eigenvalue weighted by atomic mass is 32.1. The van der Waals surface area contributed by atoms with E-state index in [1.807, 2.05) is 72.0 Å². The summed E-state index contributed by atoms with van der Waals surface area (Å²) in [5.74, 6) is 1.96. The summed E-state index contributed by atoms with van der Waals surface area (Å²) in [4.78, 5) is 14.9. The van der Waals surface area contributed by atoms with E-state index < -0.39 is 0 Å². The molecule has 11 rings (SSSR count). The van der Waals surface area contributed by atoms with Crippen LogP contribution < -0.4 is 0 Å². The van der Waals surface area contributed by atoms with Crippen LogP contribution in [-0.4, -0.2) is 19.5 Å². The average Bonchev–Trinajstić information content (AvgIpc) is 3.84. The van der Waals surface area contributed by atoms with E-state index in [1.165, 1.54) is 64.2 Å². The molecule has 0 aliphatic heterocycles. The van der Waals surface area contributed by atoms with E-state index in [-0.39, 0.29) is 5.41 Å². The standard InChI is InChI=1S/C48H32N4S/c1-48(2)36-22-12-9-19-33(36)39-40-35-21-11-14-24-38(35)53-44(40)43-41(42(39)48)34-20-10-13-23-37(34)52(43)32-27-25-31(26-28-32)47-50-45(29-15-5-3-6-16-29)49-46(51-47)30-17-7-4-8-18-30/h3-28H,1-2H3. The molecule has 0 radical (unpaired) electrons. The zero-order chi connectivity index (χ0) is 35.3. The third-order valence-electron chi connectivity index (χ3n) is 11.0. The number of nitrogens with zero attached hydrogens (tertiary/aromatic N) is 4. The maximum atomic E-state index is 5.00. The Morgan fingerprint density at radius 2 is 1.06 bits per heavy atom. The summed E-state index contributed by atoms with van der Waals surface area (Å²) in [7, 11) is 0. The molecule has 4 nitrogen and oxygen atoms in total. The Morgan fingerprint density at radius 1 is 0.509 bits per heavy atom. The number of para-hydroxylation sites is 1. The molecule has 0 saturated heterocycles. The SMILES string of the molecule is CC1(C)c2ccccc2-c2c1c1c3ccccc3n(-c3ccc(-c4nc(-c5ccccc5)nc(-c5ccccc5)n4)cc3)c1c1sc3ccccc3c21. The van der Waals surface area contributed by atoms with Gasteiger partial charge in [-0.1, -0.05) is 135 Å². The minimum atomic E-state index is -0.175. The van der Waals surface area contributed by atoms with Crippen molar-refractivity contribution in [2.45, 2.75) is 19.3 Å². The zero-order valence-electron chi connectivity index (χ0n) is 29.2. The van der Waals surface area contributed by atoms with Crippen molar-refractivity contribution in [2.24, 2.45) is 0 Å². The van der Waals surface area contributed by atoms with E-state index in [2.05, 4.69) is 115 Å². The highest BCUT2D eigenvalue weighted by Crippen LogP contribution is 2.58. The molecular weight excluding hydrogens is 665 g/mol. The molecule has 1 aliphatic carbocycles. The molecule has 0 N–H and O–H groups in total. The smallest absolute Gasteiger partial charge is 0.164 e. The lowest BCUT2D eigenvalue weighted by molar-refractivity contribution is 0.667. The normalized spacial score (nSPS) is 13.2. The molecule has 10 aromatic rings. The first-order valence-corrected chi connectivity index (χ1v) is 18.9. The molecule has 5 heteroatoms. The van der Waals surface area contributed by atoms with Gasteiger partial charge >= 0.3 is 0 Å². The van der Waals surface area contributed by atoms with Crippen LogP contribution in [0.15, 0.2) is 158 Å². The molecule has 53 heavy (non-hydrogen) atoms. The number of thiophene rings is 1. The average molecular weight is 697 g/mol. The molecule has 3 heterocycles. The van der Waals surface area contributed by atoms with Gasteiger partial charge in [0.2, 0.25) is 0 Å². The van der Waals surface area contributed by atoms with Gasteiger partial charge < -0.3 is 4.57 Å². The van der Waals surface area contributed by atoms with Gasteiger partial charge in [0.05, 0.1) is 15.7 Å². The molecule has 0 amide bonds. The summed E-state index contributed by atoms with van der Waals surface area (Å²) in [5, 5.41) is 5.31. The summed E-state index contributed by atoms with van der Waals surface area (Å²) in [5.41, 5.74) is 11.8. The zero-order valence-corrected chi connectivity index (χ0v) is 30.0. The van der Waals surface area contributed by atoms with Crippen molar-refractivity contribution in [1.29, 1.82) is 0 Å². The van der Waals surface area contributed by atoms with Crippen molar-refractivity contribution < 1.29 is 0 Å². The van der Waals surface area contributed by atoms with Crippen molar-refractivity contribution in [3.63, 3.8) is 0 Å². The fourth-order valence-corrected chi connectivity index (χ4v) is 9.91. The van der Waals surface area contributed by atoms with Gasteiger partial charge in [0, 0.05) is 54.0 Å². The van der Waals surface area contributed by atoms with Crippen LogP contribution in [0.2, 0.25) is 0 Å².